The highest BCUT2D eigenvalue weighted by molar-refractivity contribution is 7.99. The van der Waals surface area contributed by atoms with Crippen molar-refractivity contribution < 1.29 is 4.79 Å². The van der Waals surface area contributed by atoms with Gasteiger partial charge in [-0.2, -0.15) is 4.98 Å². The minimum Gasteiger partial charge on any atom is -0.325 e. The third-order valence-corrected chi connectivity index (χ3v) is 6.74. The predicted octanol–water partition coefficient (Wildman–Crippen LogP) is 5.64. The van der Waals surface area contributed by atoms with Crippen LogP contribution in [0.2, 0.25) is 5.02 Å². The van der Waals surface area contributed by atoms with Gasteiger partial charge in [-0.15, -0.1) is 5.10 Å². The molecule has 1 N–H and O–H groups in total. The Morgan fingerprint density at radius 3 is 2.45 bits per heavy atom. The minimum absolute atomic E-state index is 0.145. The molecule has 1 amide bonds. The number of benzene rings is 2. The molecular formula is C25H26ClN5OS. The smallest absolute Gasteiger partial charge is 0.253 e. The van der Waals surface area contributed by atoms with Crippen molar-refractivity contribution in [3.63, 3.8) is 0 Å². The van der Waals surface area contributed by atoms with E-state index in [0.717, 1.165) is 23.4 Å². The lowest BCUT2D eigenvalue weighted by molar-refractivity contribution is -0.113. The van der Waals surface area contributed by atoms with E-state index in [9.17, 15) is 4.79 Å². The average Bonchev–Trinajstić information content (AvgIpc) is 3.14. The first-order valence-corrected chi connectivity index (χ1v) is 12.1. The highest BCUT2D eigenvalue weighted by Gasteiger charge is 2.16. The number of fused-ring (bicyclic) bond motifs is 1. The maximum Gasteiger partial charge on any atom is 0.253 e. The van der Waals surface area contributed by atoms with Crippen molar-refractivity contribution in [1.82, 2.24) is 19.6 Å². The number of thioether (sulfide) groups is 1. The van der Waals surface area contributed by atoms with Gasteiger partial charge in [-0.05, 0) is 75.1 Å². The molecule has 170 valence electrons. The SMILES string of the molecule is Cc1cc(C)c(Cc2c(C)nc3nc(SCC(=O)Nc4cccc(Cl)c4)nn3c2C)c(C)c1. The summed E-state index contributed by atoms with van der Waals surface area (Å²) in [5.74, 6) is 0.590. The molecule has 2 aromatic carbocycles. The molecule has 33 heavy (non-hydrogen) atoms. The molecule has 0 atom stereocenters. The van der Waals surface area contributed by atoms with Gasteiger partial charge in [0.15, 0.2) is 0 Å². The molecule has 0 aliphatic rings. The van der Waals surface area contributed by atoms with Crippen molar-refractivity contribution in [2.75, 3.05) is 11.1 Å². The Bertz CT molecular complexity index is 1340. The first-order valence-electron chi connectivity index (χ1n) is 10.7. The Hall–Kier alpha value is -2.90. The highest BCUT2D eigenvalue weighted by Crippen LogP contribution is 2.25. The molecule has 0 bridgehead atoms. The number of amides is 1. The van der Waals surface area contributed by atoms with Crippen LogP contribution in [0.5, 0.6) is 0 Å². The zero-order chi connectivity index (χ0) is 23.7. The van der Waals surface area contributed by atoms with Gasteiger partial charge in [-0.3, -0.25) is 4.79 Å². The van der Waals surface area contributed by atoms with E-state index < -0.39 is 0 Å². The molecule has 0 radical (unpaired) electrons. The van der Waals surface area contributed by atoms with Crippen molar-refractivity contribution >= 4 is 40.7 Å². The first-order chi connectivity index (χ1) is 15.7. The molecule has 0 unspecified atom stereocenters. The fraction of sp³-hybridized carbons (Fsp3) is 0.280. The Kier molecular flexibility index (Phi) is 6.72. The van der Waals surface area contributed by atoms with Gasteiger partial charge >= 0.3 is 0 Å². The Labute approximate surface area is 202 Å². The summed E-state index contributed by atoms with van der Waals surface area (Å²) in [7, 11) is 0. The lowest BCUT2D eigenvalue weighted by Gasteiger charge is -2.15. The van der Waals surface area contributed by atoms with E-state index >= 15 is 0 Å². The lowest BCUT2D eigenvalue weighted by atomic mass is 9.93. The van der Waals surface area contributed by atoms with Crippen LogP contribution in [0.4, 0.5) is 5.69 Å². The number of hydrogen-bond acceptors (Lipinski definition) is 5. The zero-order valence-corrected chi connectivity index (χ0v) is 20.9. The highest BCUT2D eigenvalue weighted by atomic mass is 35.5. The maximum absolute atomic E-state index is 12.3. The zero-order valence-electron chi connectivity index (χ0n) is 19.4. The van der Waals surface area contributed by atoms with Gasteiger partial charge < -0.3 is 5.32 Å². The van der Waals surface area contributed by atoms with Crippen LogP contribution in [-0.2, 0) is 11.2 Å². The van der Waals surface area contributed by atoms with Crippen LogP contribution in [0.25, 0.3) is 5.78 Å². The Morgan fingerprint density at radius 1 is 1.03 bits per heavy atom. The number of aryl methyl sites for hydroxylation is 5. The second kappa shape index (κ2) is 9.53. The van der Waals surface area contributed by atoms with Crippen LogP contribution >= 0.6 is 23.4 Å². The molecule has 2 aromatic heterocycles. The number of rotatable bonds is 6. The molecule has 8 heteroatoms. The van der Waals surface area contributed by atoms with Crippen molar-refractivity contribution in [2.45, 2.75) is 46.2 Å². The van der Waals surface area contributed by atoms with Gasteiger partial charge in [0.05, 0.1) is 5.75 Å². The molecule has 0 spiro atoms. The number of halogens is 1. The predicted molar refractivity (Wildman–Crippen MR) is 135 cm³/mol. The fourth-order valence-electron chi connectivity index (χ4n) is 4.07. The quantitative estimate of drug-likeness (QED) is 0.362. The average molecular weight is 480 g/mol. The number of carbonyl (C=O) groups excluding carboxylic acids is 1. The van der Waals surface area contributed by atoms with Gasteiger partial charge in [0, 0.05) is 28.5 Å². The molecule has 2 heterocycles. The summed E-state index contributed by atoms with van der Waals surface area (Å²) in [6.07, 6.45) is 0.795. The van der Waals surface area contributed by atoms with Gasteiger partial charge in [0.2, 0.25) is 11.1 Å². The van der Waals surface area contributed by atoms with Crippen LogP contribution in [0, 0.1) is 34.6 Å². The molecule has 4 aromatic rings. The molecular weight excluding hydrogens is 454 g/mol. The molecule has 0 aliphatic heterocycles. The van der Waals surface area contributed by atoms with E-state index in [1.54, 1.807) is 28.8 Å². The number of hydrogen-bond donors (Lipinski definition) is 1. The number of nitrogens with one attached hydrogen (secondary N) is 1. The molecule has 6 nitrogen and oxygen atoms in total. The summed E-state index contributed by atoms with van der Waals surface area (Å²) in [5, 5.41) is 8.54. The third-order valence-electron chi connectivity index (χ3n) is 5.66. The van der Waals surface area contributed by atoms with Crippen LogP contribution in [-0.4, -0.2) is 31.2 Å². The summed E-state index contributed by atoms with van der Waals surface area (Å²) in [6.45, 7) is 10.5. The van der Waals surface area contributed by atoms with Crippen LogP contribution < -0.4 is 5.32 Å². The summed E-state index contributed by atoms with van der Waals surface area (Å²) < 4.78 is 1.78. The molecule has 0 aliphatic carbocycles. The van der Waals surface area contributed by atoms with Crippen molar-refractivity contribution in [3.8, 4) is 0 Å². The summed E-state index contributed by atoms with van der Waals surface area (Å²) in [5.41, 5.74) is 8.93. The van der Waals surface area contributed by atoms with E-state index in [0.29, 0.717) is 21.6 Å². The van der Waals surface area contributed by atoms with Gasteiger partial charge in [-0.25, -0.2) is 9.50 Å². The second-order valence-electron chi connectivity index (χ2n) is 8.27. The molecule has 4 rings (SSSR count). The van der Waals surface area contributed by atoms with E-state index in [1.807, 2.05) is 13.8 Å². The molecule has 0 saturated heterocycles. The van der Waals surface area contributed by atoms with Crippen molar-refractivity contribution in [2.24, 2.45) is 0 Å². The Balaban J connectivity index is 1.53. The number of aromatic nitrogens is 4. The van der Waals surface area contributed by atoms with Gasteiger partial charge in [0.1, 0.15) is 0 Å². The number of anilines is 1. The van der Waals surface area contributed by atoms with E-state index in [4.69, 9.17) is 16.6 Å². The van der Waals surface area contributed by atoms with Gasteiger partial charge in [0.25, 0.3) is 5.78 Å². The van der Waals surface area contributed by atoms with Gasteiger partial charge in [-0.1, -0.05) is 47.1 Å². The Morgan fingerprint density at radius 2 is 1.76 bits per heavy atom. The summed E-state index contributed by atoms with van der Waals surface area (Å²) >= 11 is 7.26. The third kappa shape index (κ3) is 5.20. The van der Waals surface area contributed by atoms with E-state index in [1.165, 1.54) is 34.0 Å². The minimum atomic E-state index is -0.145. The number of nitrogens with zero attached hydrogens (tertiary/aromatic N) is 4. The van der Waals surface area contributed by atoms with Crippen molar-refractivity contribution in [1.29, 1.82) is 0 Å². The second-order valence-corrected chi connectivity index (χ2v) is 9.65. The normalized spacial score (nSPS) is 11.2. The molecule has 0 saturated carbocycles. The summed E-state index contributed by atoms with van der Waals surface area (Å²) in [4.78, 5) is 21.5. The summed E-state index contributed by atoms with van der Waals surface area (Å²) in [6, 6.07) is 11.5. The largest absolute Gasteiger partial charge is 0.325 e. The number of carbonyl (C=O) groups is 1. The topological polar surface area (TPSA) is 72.2 Å². The maximum atomic E-state index is 12.3. The van der Waals surface area contributed by atoms with Crippen LogP contribution in [0.15, 0.2) is 41.6 Å². The standard InChI is InChI=1S/C25H26ClN5OS/c1-14-9-15(2)21(16(3)10-14)12-22-17(4)27-24-29-25(30-31(24)18(22)5)33-13-23(32)28-20-8-6-7-19(26)11-20/h6-11H,12-13H2,1-5H3,(H,28,32). The van der Waals surface area contributed by atoms with Crippen LogP contribution in [0.1, 0.15) is 39.2 Å². The monoisotopic (exact) mass is 479 g/mol. The lowest BCUT2D eigenvalue weighted by Crippen LogP contribution is -2.14. The molecule has 0 fully saturated rings. The van der Waals surface area contributed by atoms with E-state index in [-0.39, 0.29) is 11.7 Å². The first kappa shape index (κ1) is 23.3. The fourth-order valence-corrected chi connectivity index (χ4v) is 4.87. The van der Waals surface area contributed by atoms with E-state index in [2.05, 4.69) is 48.3 Å². The van der Waals surface area contributed by atoms with Crippen LogP contribution in [0.3, 0.4) is 0 Å². The van der Waals surface area contributed by atoms with Crippen molar-refractivity contribution in [3.05, 3.63) is 80.6 Å².